The number of nitrogens with zero attached hydrogens (tertiary/aromatic N) is 2. The summed E-state index contributed by atoms with van der Waals surface area (Å²) < 4.78 is 5.51. The number of hydrogen-bond donors (Lipinski definition) is 1. The van der Waals surface area contributed by atoms with Gasteiger partial charge in [0, 0.05) is 22.7 Å². The minimum absolute atomic E-state index is 0.00183. The number of amides is 1. The van der Waals surface area contributed by atoms with Crippen LogP contribution in [0, 0.1) is 10.1 Å². The Balaban J connectivity index is 1.45. The first-order chi connectivity index (χ1) is 13.0. The van der Waals surface area contributed by atoms with Crippen LogP contribution >= 0.6 is 11.6 Å². The summed E-state index contributed by atoms with van der Waals surface area (Å²) >= 11 is 5.83. The molecule has 0 saturated carbocycles. The van der Waals surface area contributed by atoms with Gasteiger partial charge in [-0.05, 0) is 24.3 Å². The van der Waals surface area contributed by atoms with E-state index in [1.54, 1.807) is 41.3 Å². The Labute approximate surface area is 162 Å². The Morgan fingerprint density at radius 2 is 1.89 bits per heavy atom. The number of quaternary nitrogens is 1. The molecule has 27 heavy (non-hydrogen) atoms. The summed E-state index contributed by atoms with van der Waals surface area (Å²) in [4.78, 5) is 25.9. The van der Waals surface area contributed by atoms with Gasteiger partial charge in [-0.2, -0.15) is 0 Å². The lowest BCUT2D eigenvalue weighted by atomic mass is 10.1. The highest BCUT2D eigenvalue weighted by molar-refractivity contribution is 6.30. The van der Waals surface area contributed by atoms with Gasteiger partial charge < -0.3 is 14.5 Å². The van der Waals surface area contributed by atoms with Crippen LogP contribution in [0.5, 0.6) is 5.75 Å². The van der Waals surface area contributed by atoms with Crippen molar-refractivity contribution in [3.8, 4) is 5.75 Å². The minimum atomic E-state index is -0.379. The molecule has 1 N–H and O–H groups in total. The van der Waals surface area contributed by atoms with Gasteiger partial charge in [0.25, 0.3) is 11.6 Å². The highest BCUT2D eigenvalue weighted by Gasteiger charge is 2.24. The fourth-order valence-corrected chi connectivity index (χ4v) is 3.21. The summed E-state index contributed by atoms with van der Waals surface area (Å²) in [5, 5.41) is 11.5. The molecule has 0 spiro atoms. The van der Waals surface area contributed by atoms with Crippen LogP contribution in [0.25, 0.3) is 0 Å². The van der Waals surface area contributed by atoms with Crippen LogP contribution in [-0.4, -0.2) is 48.5 Å². The molecule has 142 valence electrons. The molecule has 0 aromatic heterocycles. The summed E-state index contributed by atoms with van der Waals surface area (Å²) in [6, 6.07) is 13.6. The van der Waals surface area contributed by atoms with Crippen molar-refractivity contribution in [3.05, 3.63) is 69.2 Å². The lowest BCUT2D eigenvalue weighted by molar-refractivity contribution is -0.917. The molecule has 1 fully saturated rings. The van der Waals surface area contributed by atoms with Crippen molar-refractivity contribution in [2.24, 2.45) is 0 Å². The largest absolute Gasteiger partial charge is 0.484 e. The summed E-state index contributed by atoms with van der Waals surface area (Å²) in [7, 11) is 0. The van der Waals surface area contributed by atoms with E-state index in [0.717, 1.165) is 18.7 Å². The third kappa shape index (κ3) is 5.42. The van der Waals surface area contributed by atoms with E-state index in [1.807, 2.05) is 6.07 Å². The standard InChI is InChI=1S/C19H20ClN3O4/c20-16-4-6-18(7-5-16)27-14-19(24)22-10-8-21(9-11-22)13-15-2-1-3-17(12-15)23(25)26/h1-7,12H,8-11,13-14H2/p+1. The fraction of sp³-hybridized carbons (Fsp3) is 0.316. The third-order valence-electron chi connectivity index (χ3n) is 4.57. The highest BCUT2D eigenvalue weighted by atomic mass is 35.5. The highest BCUT2D eigenvalue weighted by Crippen LogP contribution is 2.15. The van der Waals surface area contributed by atoms with Crippen molar-refractivity contribution in [2.45, 2.75) is 6.54 Å². The van der Waals surface area contributed by atoms with Gasteiger partial charge in [-0.3, -0.25) is 14.9 Å². The van der Waals surface area contributed by atoms with Crippen molar-refractivity contribution < 1.29 is 19.4 Å². The maximum Gasteiger partial charge on any atom is 0.269 e. The smallest absolute Gasteiger partial charge is 0.269 e. The number of carbonyl (C=O) groups is 1. The molecule has 1 heterocycles. The van der Waals surface area contributed by atoms with Crippen LogP contribution in [-0.2, 0) is 11.3 Å². The molecule has 1 amide bonds. The van der Waals surface area contributed by atoms with E-state index in [4.69, 9.17) is 16.3 Å². The van der Waals surface area contributed by atoms with Gasteiger partial charge in [-0.25, -0.2) is 0 Å². The third-order valence-corrected chi connectivity index (χ3v) is 4.83. The van der Waals surface area contributed by atoms with E-state index < -0.39 is 0 Å². The molecule has 2 aromatic carbocycles. The van der Waals surface area contributed by atoms with Gasteiger partial charge in [-0.1, -0.05) is 23.7 Å². The maximum atomic E-state index is 12.3. The number of nitrogens with one attached hydrogen (secondary N) is 1. The van der Waals surface area contributed by atoms with E-state index in [9.17, 15) is 14.9 Å². The second-order valence-electron chi connectivity index (χ2n) is 6.48. The van der Waals surface area contributed by atoms with Crippen LogP contribution in [0.2, 0.25) is 5.02 Å². The number of carbonyl (C=O) groups excluding carboxylic acids is 1. The van der Waals surface area contributed by atoms with Crippen LogP contribution in [0.4, 0.5) is 5.69 Å². The molecule has 0 radical (unpaired) electrons. The van der Waals surface area contributed by atoms with E-state index >= 15 is 0 Å². The number of halogens is 1. The molecule has 0 bridgehead atoms. The second-order valence-corrected chi connectivity index (χ2v) is 6.91. The average molecular weight is 391 g/mol. The van der Waals surface area contributed by atoms with Crippen molar-refractivity contribution in [1.29, 1.82) is 0 Å². The predicted molar refractivity (Wildman–Crippen MR) is 101 cm³/mol. The molecule has 3 rings (SSSR count). The van der Waals surface area contributed by atoms with Crippen LogP contribution in [0.15, 0.2) is 48.5 Å². The molecule has 0 unspecified atom stereocenters. The lowest BCUT2D eigenvalue weighted by Crippen LogP contribution is -3.13. The normalized spacial score (nSPS) is 14.8. The van der Waals surface area contributed by atoms with Crippen molar-refractivity contribution in [1.82, 2.24) is 4.90 Å². The molecule has 7 nitrogen and oxygen atoms in total. The van der Waals surface area contributed by atoms with Gasteiger partial charge >= 0.3 is 0 Å². The first-order valence-corrected chi connectivity index (χ1v) is 9.12. The topological polar surface area (TPSA) is 77.1 Å². The van der Waals surface area contributed by atoms with Crippen LogP contribution in [0.3, 0.4) is 0 Å². The zero-order chi connectivity index (χ0) is 19.2. The van der Waals surface area contributed by atoms with Gasteiger partial charge in [0.1, 0.15) is 12.3 Å². The average Bonchev–Trinajstić information content (AvgIpc) is 2.68. The first-order valence-electron chi connectivity index (χ1n) is 8.74. The Bertz CT molecular complexity index is 805. The first kappa shape index (κ1) is 19.1. The monoisotopic (exact) mass is 390 g/mol. The van der Waals surface area contributed by atoms with Crippen molar-refractivity contribution in [2.75, 3.05) is 32.8 Å². The molecule has 1 aliphatic rings. The number of piperazine rings is 1. The number of non-ortho nitro benzene ring substituents is 1. The molecule has 2 aromatic rings. The van der Waals surface area contributed by atoms with Gasteiger partial charge in [0.05, 0.1) is 31.1 Å². The summed E-state index contributed by atoms with van der Waals surface area (Å²) in [5.74, 6) is 0.571. The summed E-state index contributed by atoms with van der Waals surface area (Å²) in [6.45, 7) is 3.61. The van der Waals surface area contributed by atoms with E-state index in [2.05, 4.69) is 0 Å². The Morgan fingerprint density at radius 3 is 2.56 bits per heavy atom. The van der Waals surface area contributed by atoms with Crippen LogP contribution < -0.4 is 9.64 Å². The molecule has 8 heteroatoms. The van der Waals surface area contributed by atoms with E-state index in [0.29, 0.717) is 30.4 Å². The second kappa shape index (κ2) is 8.83. The van der Waals surface area contributed by atoms with Gasteiger partial charge in [0.2, 0.25) is 0 Å². The molecule has 0 atom stereocenters. The van der Waals surface area contributed by atoms with Crippen LogP contribution in [0.1, 0.15) is 5.56 Å². The molecular weight excluding hydrogens is 370 g/mol. The molecular formula is C19H21ClN3O4+. The van der Waals surface area contributed by atoms with E-state index in [1.165, 1.54) is 11.0 Å². The number of nitro groups is 1. The van der Waals surface area contributed by atoms with Gasteiger partial charge in [-0.15, -0.1) is 0 Å². The SMILES string of the molecule is O=C(COc1ccc(Cl)cc1)N1CC[NH+](Cc2cccc([N+](=O)[O-])c2)CC1. The lowest BCUT2D eigenvalue weighted by Gasteiger charge is -2.32. The van der Waals surface area contributed by atoms with Gasteiger partial charge in [0.15, 0.2) is 6.61 Å². The zero-order valence-electron chi connectivity index (χ0n) is 14.8. The Hall–Kier alpha value is -2.64. The number of benzene rings is 2. The zero-order valence-corrected chi connectivity index (χ0v) is 15.5. The van der Waals surface area contributed by atoms with E-state index in [-0.39, 0.29) is 23.1 Å². The molecule has 0 aliphatic carbocycles. The minimum Gasteiger partial charge on any atom is -0.484 e. The Kier molecular flexibility index (Phi) is 6.26. The Morgan fingerprint density at radius 1 is 1.19 bits per heavy atom. The molecule has 1 aliphatic heterocycles. The quantitative estimate of drug-likeness (QED) is 0.599. The number of hydrogen-bond acceptors (Lipinski definition) is 4. The van der Waals surface area contributed by atoms with Crippen molar-refractivity contribution in [3.63, 3.8) is 0 Å². The van der Waals surface area contributed by atoms with Crippen molar-refractivity contribution >= 4 is 23.2 Å². The number of rotatable bonds is 6. The number of ether oxygens (including phenoxy) is 1. The predicted octanol–water partition coefficient (Wildman–Crippen LogP) is 1.55. The fourth-order valence-electron chi connectivity index (χ4n) is 3.08. The summed E-state index contributed by atoms with van der Waals surface area (Å²) in [5.41, 5.74) is 1.05. The molecule has 1 saturated heterocycles. The maximum absolute atomic E-state index is 12.3. The summed E-state index contributed by atoms with van der Waals surface area (Å²) in [6.07, 6.45) is 0. The number of nitro benzene ring substituents is 1.